The van der Waals surface area contributed by atoms with Crippen LogP contribution in [0.15, 0.2) is 42.5 Å². The van der Waals surface area contributed by atoms with Crippen LogP contribution in [-0.2, 0) is 21.0 Å². The first-order valence-corrected chi connectivity index (χ1v) is 10.8. The first-order valence-electron chi connectivity index (χ1n) is 9.83. The molecule has 1 atom stereocenters. The molecular formula is C22H20F2N2O2S. The predicted octanol–water partition coefficient (Wildman–Crippen LogP) is 4.04. The summed E-state index contributed by atoms with van der Waals surface area (Å²) in [5, 5.41) is 0. The number of anilines is 1. The fraction of sp³-hybridized carbons (Fsp3) is 0.364. The minimum absolute atomic E-state index is 0.00535. The van der Waals surface area contributed by atoms with Gasteiger partial charge in [0.2, 0.25) is 5.91 Å². The molecule has 1 saturated carbocycles. The zero-order valence-corrected chi connectivity index (χ0v) is 16.6. The first kappa shape index (κ1) is 18.6. The molecule has 150 valence electrons. The van der Waals surface area contributed by atoms with Crippen LogP contribution in [0.3, 0.4) is 0 Å². The van der Waals surface area contributed by atoms with Gasteiger partial charge in [0.15, 0.2) is 16.5 Å². The molecule has 2 heterocycles. The van der Waals surface area contributed by atoms with Crippen molar-refractivity contribution in [3.8, 4) is 0 Å². The Morgan fingerprint density at radius 1 is 1.14 bits per heavy atom. The van der Waals surface area contributed by atoms with Gasteiger partial charge in [0.1, 0.15) is 0 Å². The molecular weight excluding hydrogens is 394 g/mol. The Balaban J connectivity index is 1.55. The molecule has 0 aromatic heterocycles. The van der Waals surface area contributed by atoms with Gasteiger partial charge >= 0.3 is 0 Å². The molecule has 7 heteroatoms. The van der Waals surface area contributed by atoms with Crippen LogP contribution >= 0.6 is 11.8 Å². The van der Waals surface area contributed by atoms with E-state index in [0.29, 0.717) is 17.9 Å². The molecule has 2 aromatic rings. The Kier molecular flexibility index (Phi) is 4.38. The van der Waals surface area contributed by atoms with E-state index in [9.17, 15) is 18.4 Å². The number of amides is 2. The van der Waals surface area contributed by atoms with Crippen LogP contribution in [0, 0.1) is 17.6 Å². The summed E-state index contributed by atoms with van der Waals surface area (Å²) in [6.07, 6.45) is 2.81. The van der Waals surface area contributed by atoms with Gasteiger partial charge in [0, 0.05) is 23.8 Å². The molecule has 2 fully saturated rings. The molecule has 1 spiro atoms. The Morgan fingerprint density at radius 3 is 2.66 bits per heavy atom. The van der Waals surface area contributed by atoms with Gasteiger partial charge in [-0.2, -0.15) is 0 Å². The van der Waals surface area contributed by atoms with E-state index in [1.165, 1.54) is 17.8 Å². The van der Waals surface area contributed by atoms with Crippen LogP contribution < -0.4 is 4.90 Å². The molecule has 2 aromatic carbocycles. The Labute approximate surface area is 171 Å². The summed E-state index contributed by atoms with van der Waals surface area (Å²) in [5.41, 5.74) is 2.04. The summed E-state index contributed by atoms with van der Waals surface area (Å²) in [4.78, 5) is 29.2. The lowest BCUT2D eigenvalue weighted by Crippen LogP contribution is -2.52. The molecule has 2 amide bonds. The highest BCUT2D eigenvalue weighted by molar-refractivity contribution is 8.01. The number of carbonyl (C=O) groups is 2. The van der Waals surface area contributed by atoms with E-state index in [1.807, 2.05) is 24.3 Å². The number of rotatable bonds is 3. The number of hydrogen-bond donors (Lipinski definition) is 0. The molecule has 0 unspecified atom stereocenters. The smallest absolute Gasteiger partial charge is 0.268 e. The van der Waals surface area contributed by atoms with Crippen molar-refractivity contribution in [2.24, 2.45) is 5.92 Å². The first-order chi connectivity index (χ1) is 14.0. The summed E-state index contributed by atoms with van der Waals surface area (Å²) in [6.45, 7) is 0.667. The maximum absolute atomic E-state index is 13.7. The number of thioether (sulfide) groups is 1. The van der Waals surface area contributed by atoms with Crippen LogP contribution in [0.25, 0.3) is 0 Å². The van der Waals surface area contributed by atoms with Crippen LogP contribution in [0.2, 0.25) is 0 Å². The third-order valence-corrected chi connectivity index (χ3v) is 7.57. The SMILES string of the molecule is O=C(C1CCC1)N1CCS[C@]12C(=O)N(Cc1ccc(F)c(F)c1)c1ccccc12. The highest BCUT2D eigenvalue weighted by Crippen LogP contribution is 2.55. The quantitative estimate of drug-likeness (QED) is 0.761. The molecule has 1 aliphatic carbocycles. The molecule has 1 saturated heterocycles. The lowest BCUT2D eigenvalue weighted by Gasteiger charge is -2.37. The van der Waals surface area contributed by atoms with Gasteiger partial charge in [-0.3, -0.25) is 9.59 Å². The molecule has 0 radical (unpaired) electrons. The van der Waals surface area contributed by atoms with E-state index in [0.717, 1.165) is 42.6 Å². The third kappa shape index (κ3) is 2.70. The van der Waals surface area contributed by atoms with Crippen molar-refractivity contribution in [1.82, 2.24) is 4.90 Å². The van der Waals surface area contributed by atoms with Crippen molar-refractivity contribution in [2.45, 2.75) is 30.7 Å². The van der Waals surface area contributed by atoms with E-state index in [4.69, 9.17) is 0 Å². The molecule has 0 bridgehead atoms. The molecule has 0 N–H and O–H groups in total. The maximum atomic E-state index is 13.7. The number of benzene rings is 2. The molecule has 3 aliphatic rings. The Hall–Kier alpha value is -2.41. The number of halogens is 2. The Bertz CT molecular complexity index is 1010. The monoisotopic (exact) mass is 414 g/mol. The van der Waals surface area contributed by atoms with E-state index in [1.54, 1.807) is 9.80 Å². The number of nitrogens with zero attached hydrogens (tertiary/aromatic N) is 2. The molecule has 5 rings (SSSR count). The summed E-state index contributed by atoms with van der Waals surface area (Å²) in [6, 6.07) is 11.2. The van der Waals surface area contributed by atoms with E-state index in [-0.39, 0.29) is 24.3 Å². The standard InChI is InChI=1S/C22H20F2N2O2S/c23-17-9-8-14(12-18(17)24)13-25-19-7-2-1-6-16(19)22(21(25)28)26(10-11-29-22)20(27)15-4-3-5-15/h1-2,6-9,12,15H,3-5,10-11,13H2/t22-/m1/s1. The summed E-state index contributed by atoms with van der Waals surface area (Å²) in [5.74, 6) is -1.28. The molecule has 4 nitrogen and oxygen atoms in total. The lowest BCUT2D eigenvalue weighted by molar-refractivity contribution is -0.145. The topological polar surface area (TPSA) is 40.6 Å². The van der Waals surface area contributed by atoms with E-state index >= 15 is 0 Å². The van der Waals surface area contributed by atoms with Crippen LogP contribution in [0.1, 0.15) is 30.4 Å². The number of fused-ring (bicyclic) bond motifs is 2. The van der Waals surface area contributed by atoms with Crippen LogP contribution in [0.4, 0.5) is 14.5 Å². The second-order valence-electron chi connectivity index (χ2n) is 7.77. The third-order valence-electron chi connectivity index (χ3n) is 6.15. The van der Waals surface area contributed by atoms with Crippen molar-refractivity contribution < 1.29 is 18.4 Å². The minimum Gasteiger partial charge on any atom is -0.315 e. The largest absolute Gasteiger partial charge is 0.315 e. The lowest BCUT2D eigenvalue weighted by atomic mass is 9.84. The second kappa shape index (κ2) is 6.83. The van der Waals surface area contributed by atoms with Gasteiger partial charge in [-0.05, 0) is 36.6 Å². The van der Waals surface area contributed by atoms with Crippen LogP contribution in [-0.4, -0.2) is 29.0 Å². The zero-order valence-electron chi connectivity index (χ0n) is 15.7. The zero-order chi connectivity index (χ0) is 20.2. The van der Waals surface area contributed by atoms with Gasteiger partial charge in [0.05, 0.1) is 12.2 Å². The summed E-state index contributed by atoms with van der Waals surface area (Å²) < 4.78 is 27.0. The fourth-order valence-electron chi connectivity index (χ4n) is 4.44. The molecule has 29 heavy (non-hydrogen) atoms. The van der Waals surface area contributed by atoms with Gasteiger partial charge in [-0.25, -0.2) is 8.78 Å². The Morgan fingerprint density at radius 2 is 1.93 bits per heavy atom. The normalized spacial score (nSPS) is 23.6. The van der Waals surface area contributed by atoms with Crippen LogP contribution in [0.5, 0.6) is 0 Å². The number of hydrogen-bond acceptors (Lipinski definition) is 3. The van der Waals surface area contributed by atoms with Gasteiger partial charge < -0.3 is 9.80 Å². The predicted molar refractivity (Wildman–Crippen MR) is 107 cm³/mol. The van der Waals surface area contributed by atoms with Crippen molar-refractivity contribution in [3.63, 3.8) is 0 Å². The highest BCUT2D eigenvalue weighted by atomic mass is 32.2. The average Bonchev–Trinajstić information content (AvgIpc) is 3.21. The summed E-state index contributed by atoms with van der Waals surface area (Å²) >= 11 is 1.49. The minimum atomic E-state index is -1.05. The second-order valence-corrected chi connectivity index (χ2v) is 9.05. The number of para-hydroxylation sites is 1. The molecule has 2 aliphatic heterocycles. The highest BCUT2D eigenvalue weighted by Gasteiger charge is 2.60. The average molecular weight is 414 g/mol. The van der Waals surface area contributed by atoms with E-state index in [2.05, 4.69) is 0 Å². The summed E-state index contributed by atoms with van der Waals surface area (Å²) in [7, 11) is 0. The van der Waals surface area contributed by atoms with Crippen molar-refractivity contribution >= 4 is 29.3 Å². The van der Waals surface area contributed by atoms with E-state index < -0.39 is 16.5 Å². The maximum Gasteiger partial charge on any atom is 0.268 e. The van der Waals surface area contributed by atoms with Gasteiger partial charge in [0.25, 0.3) is 5.91 Å². The van der Waals surface area contributed by atoms with Gasteiger partial charge in [-0.15, -0.1) is 11.8 Å². The van der Waals surface area contributed by atoms with Crippen molar-refractivity contribution in [1.29, 1.82) is 0 Å². The van der Waals surface area contributed by atoms with Crippen molar-refractivity contribution in [2.75, 3.05) is 17.2 Å². The fourth-order valence-corrected chi connectivity index (χ4v) is 5.91. The van der Waals surface area contributed by atoms with Gasteiger partial charge in [-0.1, -0.05) is 30.7 Å². The number of carbonyl (C=O) groups excluding carboxylic acids is 2. The van der Waals surface area contributed by atoms with Crippen molar-refractivity contribution in [3.05, 3.63) is 65.2 Å².